The summed E-state index contributed by atoms with van der Waals surface area (Å²) in [7, 11) is 0. The molecule has 0 bridgehead atoms. The average molecular weight is 323 g/mol. The number of nitrogens with one attached hydrogen (secondary N) is 1. The van der Waals surface area contributed by atoms with Crippen LogP contribution in [0.3, 0.4) is 0 Å². The number of nitrogens with zero attached hydrogens (tertiary/aromatic N) is 4. The van der Waals surface area contributed by atoms with Gasteiger partial charge in [0.25, 0.3) is 0 Å². The van der Waals surface area contributed by atoms with Crippen molar-refractivity contribution in [1.29, 1.82) is 0 Å². The summed E-state index contributed by atoms with van der Waals surface area (Å²) >= 11 is 0. The number of fused-ring (bicyclic) bond motifs is 1. The second-order valence-corrected chi connectivity index (χ2v) is 5.87. The first-order valence-corrected chi connectivity index (χ1v) is 8.00. The van der Waals surface area contributed by atoms with Gasteiger partial charge in [-0.2, -0.15) is 0 Å². The number of aromatic nitrogens is 2. The molecule has 2 aliphatic heterocycles. The first kappa shape index (κ1) is 14.6. The van der Waals surface area contributed by atoms with Crippen LogP contribution < -0.4 is 10.2 Å². The maximum Gasteiger partial charge on any atom is 0.326 e. The van der Waals surface area contributed by atoms with Gasteiger partial charge in [-0.1, -0.05) is 30.3 Å². The molecule has 2 aromatic rings. The Morgan fingerprint density at radius 3 is 2.67 bits per heavy atom. The van der Waals surface area contributed by atoms with Gasteiger partial charge in [0.2, 0.25) is 0 Å². The highest BCUT2D eigenvalue weighted by molar-refractivity contribution is 6.02. The Morgan fingerprint density at radius 1 is 1.21 bits per heavy atom. The van der Waals surface area contributed by atoms with Crippen LogP contribution >= 0.6 is 0 Å². The number of aldehydes is 1. The van der Waals surface area contributed by atoms with Crippen molar-refractivity contribution in [1.82, 2.24) is 14.9 Å². The van der Waals surface area contributed by atoms with Gasteiger partial charge in [-0.25, -0.2) is 14.8 Å². The van der Waals surface area contributed by atoms with Crippen molar-refractivity contribution in [2.75, 3.05) is 23.3 Å². The minimum Gasteiger partial charge on any atom is -0.342 e. The predicted octanol–water partition coefficient (Wildman–Crippen LogP) is 2.12. The number of likely N-dealkylation sites (tertiary alicyclic amines) is 1. The molecule has 1 unspecified atom stereocenters. The van der Waals surface area contributed by atoms with Gasteiger partial charge in [0.05, 0.1) is 6.20 Å². The third-order valence-corrected chi connectivity index (χ3v) is 4.34. The molecule has 2 aliphatic rings. The molecule has 0 saturated carbocycles. The summed E-state index contributed by atoms with van der Waals surface area (Å²) in [5, 5.41) is 3.01. The van der Waals surface area contributed by atoms with E-state index in [2.05, 4.69) is 15.3 Å². The van der Waals surface area contributed by atoms with Crippen LogP contribution in [0.1, 0.15) is 12.8 Å². The van der Waals surface area contributed by atoms with Crippen molar-refractivity contribution >= 4 is 23.8 Å². The second-order valence-electron chi connectivity index (χ2n) is 5.87. The number of benzene rings is 1. The minimum atomic E-state index is -0.742. The zero-order valence-corrected chi connectivity index (χ0v) is 13.1. The Hall–Kier alpha value is -2.96. The number of rotatable bonds is 2. The lowest BCUT2D eigenvalue weighted by Gasteiger charge is -2.26. The van der Waals surface area contributed by atoms with Crippen LogP contribution in [0.15, 0.2) is 36.5 Å². The van der Waals surface area contributed by atoms with Crippen molar-refractivity contribution in [3.05, 3.63) is 36.5 Å². The summed E-state index contributed by atoms with van der Waals surface area (Å²) in [6, 6.07) is 9.41. The van der Waals surface area contributed by atoms with Gasteiger partial charge in [0, 0.05) is 18.7 Å². The molecular weight excluding hydrogens is 306 g/mol. The zero-order chi connectivity index (χ0) is 16.5. The quantitative estimate of drug-likeness (QED) is 0.857. The highest BCUT2D eigenvalue weighted by Crippen LogP contribution is 2.34. The number of anilines is 2. The van der Waals surface area contributed by atoms with E-state index < -0.39 is 6.17 Å². The zero-order valence-electron chi connectivity index (χ0n) is 13.1. The molecule has 1 fully saturated rings. The van der Waals surface area contributed by atoms with Crippen LogP contribution in [-0.4, -0.2) is 46.4 Å². The van der Waals surface area contributed by atoms with Crippen molar-refractivity contribution in [3.8, 4) is 11.4 Å². The molecule has 7 heteroatoms. The molecule has 0 aliphatic carbocycles. The van der Waals surface area contributed by atoms with Crippen LogP contribution in [0.4, 0.5) is 16.3 Å². The Balaban J connectivity index is 1.69. The molecule has 4 rings (SSSR count). The van der Waals surface area contributed by atoms with Gasteiger partial charge in [-0.3, -0.25) is 9.69 Å². The Bertz CT molecular complexity index is 774. The van der Waals surface area contributed by atoms with E-state index in [-0.39, 0.29) is 6.03 Å². The van der Waals surface area contributed by atoms with E-state index in [0.29, 0.717) is 17.3 Å². The normalized spacial score (nSPS) is 19.1. The molecule has 122 valence electrons. The fourth-order valence-electron chi connectivity index (χ4n) is 3.12. The molecule has 2 amide bonds. The number of amides is 2. The van der Waals surface area contributed by atoms with Gasteiger partial charge >= 0.3 is 6.03 Å². The molecule has 24 heavy (non-hydrogen) atoms. The Labute approximate surface area is 139 Å². The molecule has 0 radical (unpaired) electrons. The van der Waals surface area contributed by atoms with Crippen molar-refractivity contribution in [2.45, 2.75) is 19.0 Å². The number of hydrogen-bond acceptors (Lipinski definition) is 5. The third kappa shape index (κ3) is 2.38. The highest BCUT2D eigenvalue weighted by Gasteiger charge is 2.38. The maximum atomic E-state index is 12.7. The van der Waals surface area contributed by atoms with E-state index in [4.69, 9.17) is 0 Å². The summed E-state index contributed by atoms with van der Waals surface area (Å²) in [5.74, 6) is 1.07. The van der Waals surface area contributed by atoms with Crippen molar-refractivity contribution in [2.24, 2.45) is 0 Å². The molecule has 1 aromatic heterocycles. The van der Waals surface area contributed by atoms with Crippen LogP contribution in [0.25, 0.3) is 11.4 Å². The van der Waals surface area contributed by atoms with Crippen molar-refractivity contribution < 1.29 is 9.59 Å². The summed E-state index contributed by atoms with van der Waals surface area (Å²) in [4.78, 5) is 36.2. The summed E-state index contributed by atoms with van der Waals surface area (Å²) in [6.45, 7) is 1.44. The smallest absolute Gasteiger partial charge is 0.326 e. The maximum absolute atomic E-state index is 12.7. The lowest BCUT2D eigenvalue weighted by atomic mass is 10.2. The van der Waals surface area contributed by atoms with E-state index >= 15 is 0 Å². The standard InChI is InChI=1S/C17H17N5O2/c23-11-14-19-16-13(22(14)17(24)21-8-4-5-9-21)10-18-15(20-16)12-6-2-1-3-7-12/h1-3,6-7,10-11,14H,4-5,8-9H2,(H,18,19,20). The van der Waals surface area contributed by atoms with Crippen molar-refractivity contribution in [3.63, 3.8) is 0 Å². The van der Waals surface area contributed by atoms with Crippen LogP contribution in [-0.2, 0) is 4.79 Å². The van der Waals surface area contributed by atoms with E-state index in [9.17, 15) is 9.59 Å². The third-order valence-electron chi connectivity index (χ3n) is 4.34. The fraction of sp³-hybridized carbons (Fsp3) is 0.294. The molecule has 1 N–H and O–H groups in total. The Kier molecular flexibility index (Phi) is 3.60. The molecule has 3 heterocycles. The lowest BCUT2D eigenvalue weighted by molar-refractivity contribution is -0.108. The summed E-state index contributed by atoms with van der Waals surface area (Å²) < 4.78 is 0. The molecule has 1 atom stereocenters. The minimum absolute atomic E-state index is 0.174. The monoisotopic (exact) mass is 323 g/mol. The summed E-state index contributed by atoms with van der Waals surface area (Å²) in [6.07, 6.45) is 3.57. The summed E-state index contributed by atoms with van der Waals surface area (Å²) in [5.41, 5.74) is 1.43. The Morgan fingerprint density at radius 2 is 1.96 bits per heavy atom. The number of carbonyl (C=O) groups excluding carboxylic acids is 2. The van der Waals surface area contributed by atoms with Crippen LogP contribution in [0, 0.1) is 0 Å². The van der Waals surface area contributed by atoms with E-state index in [1.165, 1.54) is 4.90 Å². The van der Waals surface area contributed by atoms with Gasteiger partial charge in [0.15, 0.2) is 24.1 Å². The van der Waals surface area contributed by atoms with Crippen LogP contribution in [0.5, 0.6) is 0 Å². The van der Waals surface area contributed by atoms with E-state index in [1.807, 2.05) is 30.3 Å². The lowest BCUT2D eigenvalue weighted by Crippen LogP contribution is -2.48. The SMILES string of the molecule is O=CC1Nc2nc(-c3ccccc3)ncc2N1C(=O)N1CCCC1. The molecular formula is C17H17N5O2. The molecule has 7 nitrogen and oxygen atoms in total. The number of urea groups is 1. The van der Waals surface area contributed by atoms with Gasteiger partial charge < -0.3 is 10.2 Å². The first-order chi connectivity index (χ1) is 11.8. The number of carbonyl (C=O) groups is 2. The first-order valence-electron chi connectivity index (χ1n) is 8.00. The van der Waals surface area contributed by atoms with Gasteiger partial charge in [-0.15, -0.1) is 0 Å². The average Bonchev–Trinajstić information content (AvgIpc) is 3.28. The largest absolute Gasteiger partial charge is 0.342 e. The van der Waals surface area contributed by atoms with E-state index in [0.717, 1.165) is 37.8 Å². The second kappa shape index (κ2) is 5.92. The fourth-order valence-corrected chi connectivity index (χ4v) is 3.12. The van der Waals surface area contributed by atoms with Gasteiger partial charge in [-0.05, 0) is 12.8 Å². The highest BCUT2D eigenvalue weighted by atomic mass is 16.2. The molecule has 0 spiro atoms. The molecule has 1 saturated heterocycles. The van der Waals surface area contributed by atoms with Crippen LogP contribution in [0.2, 0.25) is 0 Å². The number of hydrogen-bond donors (Lipinski definition) is 1. The predicted molar refractivity (Wildman–Crippen MR) is 89.6 cm³/mol. The van der Waals surface area contributed by atoms with E-state index in [1.54, 1.807) is 11.1 Å². The molecule has 1 aromatic carbocycles. The van der Waals surface area contributed by atoms with Gasteiger partial charge in [0.1, 0.15) is 5.69 Å². The topological polar surface area (TPSA) is 78.4 Å².